The van der Waals surface area contributed by atoms with E-state index < -0.39 is 5.97 Å². The van der Waals surface area contributed by atoms with Crippen LogP contribution in [0.25, 0.3) is 11.4 Å². The fraction of sp³-hybridized carbons (Fsp3) is 0.111. The van der Waals surface area contributed by atoms with E-state index in [4.69, 9.17) is 39.5 Å². The number of carbonyl (C=O) groups excluding carboxylic acids is 1. The van der Waals surface area contributed by atoms with Crippen LogP contribution in [-0.2, 0) is 6.54 Å². The third kappa shape index (κ3) is 3.66. The van der Waals surface area contributed by atoms with Crippen LogP contribution in [0.2, 0.25) is 15.2 Å². The number of aromatic nitrogens is 2. The second-order valence-electron chi connectivity index (χ2n) is 5.14. The molecule has 0 aliphatic heterocycles. The summed E-state index contributed by atoms with van der Waals surface area (Å²) < 4.78 is 7.06. The highest BCUT2D eigenvalue weighted by Crippen LogP contribution is 2.31. The molecule has 0 saturated carbocycles. The monoisotopic (exact) mass is 394 g/mol. The molecule has 0 bridgehead atoms. The second kappa shape index (κ2) is 7.48. The van der Waals surface area contributed by atoms with Gasteiger partial charge in [0.1, 0.15) is 11.6 Å². The topological polar surface area (TPSA) is 44.1 Å². The van der Waals surface area contributed by atoms with E-state index in [2.05, 4.69) is 4.98 Å². The van der Waals surface area contributed by atoms with Crippen LogP contribution in [0.1, 0.15) is 17.4 Å². The molecule has 1 heterocycles. The number of benzene rings is 2. The number of esters is 1. The molecule has 0 fully saturated rings. The van der Waals surface area contributed by atoms with E-state index in [1.165, 1.54) is 0 Å². The number of carbonyl (C=O) groups is 1. The van der Waals surface area contributed by atoms with Gasteiger partial charge in [0.2, 0.25) is 0 Å². The van der Waals surface area contributed by atoms with E-state index in [1.54, 1.807) is 34.9 Å². The predicted molar refractivity (Wildman–Crippen MR) is 99.8 cm³/mol. The van der Waals surface area contributed by atoms with Gasteiger partial charge in [-0.05, 0) is 43.3 Å². The third-order valence-corrected chi connectivity index (χ3v) is 4.42. The SMILES string of the molecule is CCn1c(-c2ccccc2Cl)nc(Cl)c1C(=O)Oc1ccc(Cl)cc1. The summed E-state index contributed by atoms with van der Waals surface area (Å²) in [5.74, 6) is 0.287. The lowest BCUT2D eigenvalue weighted by Crippen LogP contribution is -2.15. The van der Waals surface area contributed by atoms with E-state index in [9.17, 15) is 4.79 Å². The number of hydrogen-bond acceptors (Lipinski definition) is 3. The maximum Gasteiger partial charge on any atom is 0.363 e. The van der Waals surface area contributed by atoms with Gasteiger partial charge < -0.3 is 9.30 Å². The van der Waals surface area contributed by atoms with Gasteiger partial charge in [0.25, 0.3) is 0 Å². The molecule has 7 heteroatoms. The normalized spacial score (nSPS) is 10.7. The van der Waals surface area contributed by atoms with Gasteiger partial charge in [-0.2, -0.15) is 0 Å². The first-order valence-corrected chi connectivity index (χ1v) is 8.63. The summed E-state index contributed by atoms with van der Waals surface area (Å²) in [4.78, 5) is 16.9. The van der Waals surface area contributed by atoms with Gasteiger partial charge in [0, 0.05) is 17.1 Å². The molecule has 0 unspecified atom stereocenters. The van der Waals surface area contributed by atoms with Crippen molar-refractivity contribution in [2.45, 2.75) is 13.5 Å². The standard InChI is InChI=1S/C18H13Cl3N2O2/c1-2-23-15(18(24)25-12-9-7-11(19)8-10-12)16(21)22-17(23)13-5-3-4-6-14(13)20/h3-10H,2H2,1H3. The number of hydrogen-bond donors (Lipinski definition) is 0. The molecule has 0 N–H and O–H groups in total. The highest BCUT2D eigenvalue weighted by Gasteiger charge is 2.24. The molecule has 2 aromatic carbocycles. The molecular formula is C18H13Cl3N2O2. The Balaban J connectivity index is 2.00. The molecule has 0 saturated heterocycles. The van der Waals surface area contributed by atoms with Crippen molar-refractivity contribution in [1.29, 1.82) is 0 Å². The molecule has 0 spiro atoms. The summed E-state index contributed by atoms with van der Waals surface area (Å²) in [7, 11) is 0. The average Bonchev–Trinajstić information content (AvgIpc) is 2.93. The molecule has 0 aliphatic rings. The van der Waals surface area contributed by atoms with Crippen molar-refractivity contribution in [3.63, 3.8) is 0 Å². The minimum Gasteiger partial charge on any atom is -0.422 e. The first-order chi connectivity index (χ1) is 12.0. The number of ether oxygens (including phenoxy) is 1. The van der Waals surface area contributed by atoms with Crippen molar-refractivity contribution in [3.05, 3.63) is 69.4 Å². The summed E-state index contributed by atoms with van der Waals surface area (Å²) in [5, 5.41) is 1.14. The van der Waals surface area contributed by atoms with Gasteiger partial charge in [0.15, 0.2) is 10.8 Å². The van der Waals surface area contributed by atoms with Gasteiger partial charge in [-0.1, -0.05) is 46.9 Å². The van der Waals surface area contributed by atoms with Crippen molar-refractivity contribution in [1.82, 2.24) is 9.55 Å². The Morgan fingerprint density at radius 1 is 1.08 bits per heavy atom. The zero-order chi connectivity index (χ0) is 18.0. The molecule has 4 nitrogen and oxygen atoms in total. The van der Waals surface area contributed by atoms with E-state index in [0.29, 0.717) is 33.7 Å². The number of nitrogens with zero attached hydrogens (tertiary/aromatic N) is 2. The lowest BCUT2D eigenvalue weighted by Gasteiger charge is -2.10. The molecule has 0 atom stereocenters. The number of halogens is 3. The number of rotatable bonds is 4. The Hall–Kier alpha value is -2.01. The van der Waals surface area contributed by atoms with Crippen LogP contribution in [0.15, 0.2) is 48.5 Å². The van der Waals surface area contributed by atoms with Crippen molar-refractivity contribution in [2.75, 3.05) is 0 Å². The summed E-state index contributed by atoms with van der Waals surface area (Å²) in [5.41, 5.74) is 0.868. The molecule has 0 amide bonds. The Labute approximate surface area is 159 Å². The quantitative estimate of drug-likeness (QED) is 0.417. The van der Waals surface area contributed by atoms with Crippen LogP contribution in [-0.4, -0.2) is 15.5 Å². The largest absolute Gasteiger partial charge is 0.422 e. The van der Waals surface area contributed by atoms with Crippen LogP contribution in [0.4, 0.5) is 0 Å². The average molecular weight is 396 g/mol. The van der Waals surface area contributed by atoms with E-state index in [1.807, 2.05) is 25.1 Å². The smallest absolute Gasteiger partial charge is 0.363 e. The lowest BCUT2D eigenvalue weighted by atomic mass is 10.2. The second-order valence-corrected chi connectivity index (χ2v) is 6.34. The fourth-order valence-corrected chi connectivity index (χ4v) is 3.04. The summed E-state index contributed by atoms with van der Waals surface area (Å²) in [6.07, 6.45) is 0. The fourth-order valence-electron chi connectivity index (χ4n) is 2.43. The molecule has 0 aliphatic carbocycles. The van der Waals surface area contributed by atoms with Crippen molar-refractivity contribution in [3.8, 4) is 17.1 Å². The van der Waals surface area contributed by atoms with E-state index in [0.717, 1.165) is 0 Å². The minimum atomic E-state index is -0.597. The van der Waals surface area contributed by atoms with Gasteiger partial charge in [-0.15, -0.1) is 0 Å². The maximum absolute atomic E-state index is 12.6. The van der Waals surface area contributed by atoms with Crippen LogP contribution in [0.5, 0.6) is 5.75 Å². The zero-order valence-corrected chi connectivity index (χ0v) is 15.4. The number of imidazole rings is 1. The van der Waals surface area contributed by atoms with Crippen molar-refractivity contribution in [2.24, 2.45) is 0 Å². The molecule has 3 aromatic rings. The predicted octanol–water partition coefficient (Wildman–Crippen LogP) is 5.75. The Morgan fingerprint density at radius 2 is 1.76 bits per heavy atom. The Morgan fingerprint density at radius 3 is 2.40 bits per heavy atom. The third-order valence-electron chi connectivity index (χ3n) is 3.57. The Bertz CT molecular complexity index is 921. The van der Waals surface area contributed by atoms with E-state index >= 15 is 0 Å². The van der Waals surface area contributed by atoms with Crippen molar-refractivity contribution >= 4 is 40.8 Å². The lowest BCUT2D eigenvalue weighted by molar-refractivity contribution is 0.0724. The molecule has 3 rings (SSSR count). The molecule has 25 heavy (non-hydrogen) atoms. The van der Waals surface area contributed by atoms with Crippen LogP contribution >= 0.6 is 34.8 Å². The minimum absolute atomic E-state index is 0.0655. The summed E-state index contributed by atoms with van der Waals surface area (Å²) >= 11 is 18.3. The van der Waals surface area contributed by atoms with Gasteiger partial charge in [-0.25, -0.2) is 9.78 Å². The Kier molecular flexibility index (Phi) is 5.33. The molecular weight excluding hydrogens is 383 g/mol. The first-order valence-electron chi connectivity index (χ1n) is 7.50. The van der Waals surface area contributed by atoms with Gasteiger partial charge >= 0.3 is 5.97 Å². The van der Waals surface area contributed by atoms with Crippen molar-refractivity contribution < 1.29 is 9.53 Å². The van der Waals surface area contributed by atoms with Gasteiger partial charge in [0.05, 0.1) is 5.02 Å². The van der Waals surface area contributed by atoms with Crippen LogP contribution in [0.3, 0.4) is 0 Å². The summed E-state index contributed by atoms with van der Waals surface area (Å²) in [6, 6.07) is 13.7. The maximum atomic E-state index is 12.6. The van der Waals surface area contributed by atoms with Crippen LogP contribution in [0, 0.1) is 0 Å². The summed E-state index contributed by atoms with van der Waals surface area (Å²) in [6.45, 7) is 2.36. The van der Waals surface area contributed by atoms with E-state index in [-0.39, 0.29) is 10.8 Å². The molecule has 1 aromatic heterocycles. The van der Waals surface area contributed by atoms with Gasteiger partial charge in [-0.3, -0.25) is 0 Å². The highest BCUT2D eigenvalue weighted by molar-refractivity contribution is 6.34. The first kappa shape index (κ1) is 17.8. The molecule has 0 radical (unpaired) electrons. The van der Waals surface area contributed by atoms with Crippen LogP contribution < -0.4 is 4.74 Å². The highest BCUT2D eigenvalue weighted by atomic mass is 35.5. The molecule has 128 valence electrons. The zero-order valence-electron chi connectivity index (χ0n) is 13.2.